The molecule has 2 saturated heterocycles. The van der Waals surface area contributed by atoms with E-state index in [1.165, 1.54) is 11.6 Å². The first-order chi connectivity index (χ1) is 24.8. The van der Waals surface area contributed by atoms with Gasteiger partial charge in [-0.1, -0.05) is 37.3 Å². The lowest BCUT2D eigenvalue weighted by Gasteiger charge is -2.27. The van der Waals surface area contributed by atoms with Crippen LogP contribution < -0.4 is 21.7 Å². The number of piperidine rings is 1. The molecule has 3 fully saturated rings. The van der Waals surface area contributed by atoms with E-state index in [0.717, 1.165) is 84.3 Å². The molecular weight excluding hydrogens is 645 g/mol. The molecule has 10 nitrogen and oxygen atoms in total. The van der Waals surface area contributed by atoms with Gasteiger partial charge in [-0.05, 0) is 118 Å². The maximum atomic E-state index is 15.2. The van der Waals surface area contributed by atoms with Gasteiger partial charge < -0.3 is 26.4 Å². The number of aryl methyl sites for hydroxylation is 2. The summed E-state index contributed by atoms with van der Waals surface area (Å²) in [6, 6.07) is 13.3. The van der Waals surface area contributed by atoms with Crippen LogP contribution in [0.1, 0.15) is 68.3 Å². The van der Waals surface area contributed by atoms with Crippen molar-refractivity contribution < 1.29 is 18.7 Å². The van der Waals surface area contributed by atoms with Crippen LogP contribution in [0.25, 0.3) is 22.2 Å². The van der Waals surface area contributed by atoms with Crippen LogP contribution in [0.2, 0.25) is 0 Å². The van der Waals surface area contributed by atoms with Crippen molar-refractivity contribution in [3.8, 4) is 11.1 Å². The molecule has 0 radical (unpaired) electrons. The monoisotopic (exact) mass is 695 g/mol. The molecule has 1 aliphatic carbocycles. The predicted molar refractivity (Wildman–Crippen MR) is 196 cm³/mol. The van der Waals surface area contributed by atoms with Crippen LogP contribution in [0.5, 0.6) is 0 Å². The molecule has 2 aromatic heterocycles. The summed E-state index contributed by atoms with van der Waals surface area (Å²) in [7, 11) is 0. The molecule has 11 heteroatoms. The Morgan fingerprint density at radius 2 is 1.86 bits per heavy atom. The highest BCUT2D eigenvalue weighted by atomic mass is 19.1. The highest BCUT2D eigenvalue weighted by Crippen LogP contribution is 2.55. The van der Waals surface area contributed by atoms with E-state index in [-0.39, 0.29) is 30.2 Å². The Balaban J connectivity index is 1.09. The summed E-state index contributed by atoms with van der Waals surface area (Å²) in [5.74, 6) is -0.978. The molecule has 0 spiro atoms. The molecule has 2 amide bonds. The zero-order chi connectivity index (χ0) is 35.5. The molecule has 2 aliphatic heterocycles. The third kappa shape index (κ3) is 7.23. The Kier molecular flexibility index (Phi) is 10.4. The van der Waals surface area contributed by atoms with Gasteiger partial charge in [-0.2, -0.15) is 5.10 Å². The molecule has 2 aromatic carbocycles. The molecule has 3 aliphatic rings. The average molecular weight is 696 g/mol. The van der Waals surface area contributed by atoms with Crippen molar-refractivity contribution in [3.63, 3.8) is 0 Å². The zero-order valence-electron chi connectivity index (χ0n) is 29.8. The van der Waals surface area contributed by atoms with Gasteiger partial charge in [0.05, 0.1) is 17.3 Å². The summed E-state index contributed by atoms with van der Waals surface area (Å²) in [5, 5.41) is 15.7. The number of nitrogens with two attached hydrogens (primary N) is 1. The summed E-state index contributed by atoms with van der Waals surface area (Å²) in [6.07, 6.45) is 8.44. The summed E-state index contributed by atoms with van der Waals surface area (Å²) >= 11 is 0. The van der Waals surface area contributed by atoms with Crippen LogP contribution in [-0.2, 0) is 46.7 Å². The Morgan fingerprint density at radius 1 is 1.06 bits per heavy atom. The molecule has 2 atom stereocenters. The van der Waals surface area contributed by atoms with E-state index in [4.69, 9.17) is 15.5 Å². The number of pyridine rings is 1. The van der Waals surface area contributed by atoms with Crippen molar-refractivity contribution >= 4 is 28.5 Å². The average Bonchev–Trinajstić information content (AvgIpc) is 3.74. The molecule has 7 rings (SSSR count). The highest BCUT2D eigenvalue weighted by molar-refractivity contribution is 6.08. The first kappa shape index (κ1) is 35.1. The second-order valence-electron chi connectivity index (χ2n) is 14.5. The van der Waals surface area contributed by atoms with Gasteiger partial charge >= 0.3 is 0 Å². The molecule has 2 unspecified atom stereocenters. The fraction of sp³-hybridized carbons (Fsp3) is 0.500. The number of fused-ring (bicyclic) bond motifs is 1. The second kappa shape index (κ2) is 15.1. The van der Waals surface area contributed by atoms with Crippen LogP contribution in [0.4, 0.5) is 10.1 Å². The Bertz CT molecular complexity index is 1900. The van der Waals surface area contributed by atoms with Crippen molar-refractivity contribution in [1.29, 1.82) is 0 Å². The maximum absolute atomic E-state index is 15.2. The fourth-order valence-electron chi connectivity index (χ4n) is 8.17. The SMILES string of the molecule is CCc1nc2c(cnn2CC)c(NC2CCOCC2)c1CC1CC1(C(N)=O)C(=O)NCc1ccc(F)c(-c2cccc(CC3CCNCC3)c2)c1. The minimum absolute atomic E-state index is 0.156. The number of carbonyl (C=O) groups excluding carboxylic acids is 2. The standard InChI is InChI=1S/C40H50FN7O3/c1-3-35-32(36(46-30-12-16-51-17-13-30)33-24-45-48(4-2)37(33)47-35)21-29-22-40(29,38(42)49)39(50)44-23-27-8-9-34(41)31(20-27)28-7-5-6-26(19-28)18-25-10-14-43-15-11-25/h5-9,19-20,24-25,29-30,43H,3-4,10-18,21-23H2,1-2H3,(H2,42,49)(H,44,50)(H,46,47). The Labute approximate surface area is 299 Å². The lowest BCUT2D eigenvalue weighted by Crippen LogP contribution is -2.42. The lowest BCUT2D eigenvalue weighted by molar-refractivity contribution is -0.136. The topological polar surface area (TPSA) is 136 Å². The van der Waals surface area contributed by atoms with Gasteiger partial charge in [0.1, 0.15) is 11.2 Å². The summed E-state index contributed by atoms with van der Waals surface area (Å²) in [5.41, 5.74) is 11.7. The van der Waals surface area contributed by atoms with Crippen molar-refractivity contribution in [2.45, 2.75) is 84.3 Å². The number of ether oxygens (including phenoxy) is 1. The molecule has 1 saturated carbocycles. The van der Waals surface area contributed by atoms with Crippen LogP contribution in [-0.4, -0.2) is 58.9 Å². The number of primary amides is 1. The molecule has 5 N–H and O–H groups in total. The van der Waals surface area contributed by atoms with E-state index < -0.39 is 11.3 Å². The quantitative estimate of drug-likeness (QED) is 0.139. The van der Waals surface area contributed by atoms with Gasteiger partial charge in [0.2, 0.25) is 11.8 Å². The number of carbonyl (C=O) groups is 2. The number of hydrogen-bond donors (Lipinski definition) is 4. The van der Waals surface area contributed by atoms with Crippen molar-refractivity contribution in [2.75, 3.05) is 31.6 Å². The Morgan fingerprint density at radius 3 is 2.61 bits per heavy atom. The van der Waals surface area contributed by atoms with E-state index in [2.05, 4.69) is 40.1 Å². The third-order valence-electron chi connectivity index (χ3n) is 11.3. The minimum atomic E-state index is -1.32. The van der Waals surface area contributed by atoms with Crippen molar-refractivity contribution in [2.24, 2.45) is 23.0 Å². The number of nitrogens with one attached hydrogen (secondary N) is 3. The number of nitrogens with zero attached hydrogens (tertiary/aromatic N) is 3. The Hall–Kier alpha value is -4.35. The normalized spacial score (nSPS) is 21.1. The molecule has 270 valence electrons. The number of anilines is 1. The maximum Gasteiger partial charge on any atom is 0.236 e. The van der Waals surface area contributed by atoms with Gasteiger partial charge in [0.25, 0.3) is 0 Å². The highest BCUT2D eigenvalue weighted by Gasteiger charge is 2.64. The van der Waals surface area contributed by atoms with Crippen LogP contribution in [0, 0.1) is 23.1 Å². The smallest absolute Gasteiger partial charge is 0.236 e. The number of benzene rings is 2. The van der Waals surface area contributed by atoms with Crippen molar-refractivity contribution in [1.82, 2.24) is 25.4 Å². The molecule has 51 heavy (non-hydrogen) atoms. The second-order valence-corrected chi connectivity index (χ2v) is 14.5. The summed E-state index contributed by atoms with van der Waals surface area (Å²) in [6.45, 7) is 8.45. The third-order valence-corrected chi connectivity index (χ3v) is 11.3. The largest absolute Gasteiger partial charge is 0.381 e. The van der Waals surface area contributed by atoms with Gasteiger partial charge in [-0.3, -0.25) is 9.59 Å². The van der Waals surface area contributed by atoms with E-state index in [0.29, 0.717) is 50.5 Å². The van der Waals surface area contributed by atoms with E-state index in [1.54, 1.807) is 12.1 Å². The number of hydrogen-bond acceptors (Lipinski definition) is 7. The molecule has 4 aromatic rings. The minimum Gasteiger partial charge on any atom is -0.381 e. The first-order valence-corrected chi connectivity index (χ1v) is 18.7. The van der Waals surface area contributed by atoms with E-state index in [1.807, 2.05) is 29.9 Å². The van der Waals surface area contributed by atoms with Crippen LogP contribution in [0.3, 0.4) is 0 Å². The number of amides is 2. The molecule has 4 heterocycles. The fourth-order valence-corrected chi connectivity index (χ4v) is 8.17. The van der Waals surface area contributed by atoms with Gasteiger partial charge in [0, 0.05) is 43.6 Å². The summed E-state index contributed by atoms with van der Waals surface area (Å²) in [4.78, 5) is 31.9. The van der Waals surface area contributed by atoms with Crippen LogP contribution in [0.15, 0.2) is 48.7 Å². The zero-order valence-corrected chi connectivity index (χ0v) is 29.8. The lowest BCUT2D eigenvalue weighted by atomic mass is 9.89. The number of halogens is 1. The first-order valence-electron chi connectivity index (χ1n) is 18.7. The van der Waals surface area contributed by atoms with Gasteiger partial charge in [-0.15, -0.1) is 0 Å². The van der Waals surface area contributed by atoms with E-state index >= 15 is 4.39 Å². The number of aromatic nitrogens is 3. The predicted octanol–water partition coefficient (Wildman–Crippen LogP) is 5.30. The molecule has 0 bridgehead atoms. The summed E-state index contributed by atoms with van der Waals surface area (Å²) < 4.78 is 22.7. The van der Waals surface area contributed by atoms with Gasteiger partial charge in [0.15, 0.2) is 5.65 Å². The molecular formula is C40H50FN7O3. The van der Waals surface area contributed by atoms with Crippen molar-refractivity contribution in [3.05, 3.63) is 76.9 Å². The van der Waals surface area contributed by atoms with Gasteiger partial charge in [-0.25, -0.2) is 14.1 Å². The number of rotatable bonds is 13. The van der Waals surface area contributed by atoms with Crippen LogP contribution >= 0.6 is 0 Å². The van der Waals surface area contributed by atoms with E-state index in [9.17, 15) is 9.59 Å².